The number of aromatic nitrogens is 1. The molecule has 0 aliphatic rings. The molecule has 2 N–H and O–H groups in total. The van der Waals surface area contributed by atoms with Crippen LogP contribution in [0, 0.1) is 20.8 Å². The molecule has 1 heterocycles. The van der Waals surface area contributed by atoms with Crippen LogP contribution in [0.25, 0.3) is 0 Å². The van der Waals surface area contributed by atoms with E-state index in [2.05, 4.69) is 15.6 Å². The van der Waals surface area contributed by atoms with Crippen LogP contribution in [0.15, 0.2) is 54.9 Å². The number of ether oxygens (including phenoxy) is 1. The smallest absolute Gasteiger partial charge is 0.257 e. The molecule has 0 atom stereocenters. The van der Waals surface area contributed by atoms with Crippen molar-refractivity contribution in [1.82, 2.24) is 4.98 Å². The van der Waals surface area contributed by atoms with Gasteiger partial charge < -0.3 is 15.4 Å². The standard InChI is InChI=1S/C22H23N3O2/c1-14-5-7-19(16(3)9-14)25-22(26)17-11-18(13-23-12-17)24-20-10-15(2)6-8-21(20)27-4/h5-13,24H,1-4H3,(H,25,26). The lowest BCUT2D eigenvalue weighted by molar-refractivity contribution is 0.102. The molecular weight excluding hydrogens is 338 g/mol. The van der Waals surface area contributed by atoms with Crippen LogP contribution in [0.2, 0.25) is 0 Å². The van der Waals surface area contributed by atoms with Crippen LogP contribution in [0.1, 0.15) is 27.0 Å². The fourth-order valence-corrected chi connectivity index (χ4v) is 2.86. The Morgan fingerprint density at radius 3 is 2.41 bits per heavy atom. The van der Waals surface area contributed by atoms with Crippen LogP contribution in [0.3, 0.4) is 0 Å². The molecule has 1 amide bonds. The summed E-state index contributed by atoms with van der Waals surface area (Å²) in [5, 5.41) is 6.22. The van der Waals surface area contributed by atoms with E-state index in [4.69, 9.17) is 4.74 Å². The summed E-state index contributed by atoms with van der Waals surface area (Å²) in [6, 6.07) is 13.6. The number of hydrogen-bond donors (Lipinski definition) is 2. The summed E-state index contributed by atoms with van der Waals surface area (Å²) in [7, 11) is 1.63. The Hall–Kier alpha value is -3.34. The first-order valence-electron chi connectivity index (χ1n) is 8.71. The Balaban J connectivity index is 1.81. The Morgan fingerprint density at radius 2 is 1.67 bits per heavy atom. The number of carbonyl (C=O) groups excluding carboxylic acids is 1. The number of amides is 1. The van der Waals surface area contributed by atoms with E-state index in [1.807, 2.05) is 57.2 Å². The summed E-state index contributed by atoms with van der Waals surface area (Å²) in [6.45, 7) is 6.01. The van der Waals surface area contributed by atoms with Crippen molar-refractivity contribution in [1.29, 1.82) is 0 Å². The van der Waals surface area contributed by atoms with Crippen LogP contribution in [-0.4, -0.2) is 18.0 Å². The normalized spacial score (nSPS) is 10.4. The lowest BCUT2D eigenvalue weighted by atomic mass is 10.1. The van der Waals surface area contributed by atoms with Crippen molar-refractivity contribution < 1.29 is 9.53 Å². The Morgan fingerprint density at radius 1 is 0.926 bits per heavy atom. The molecule has 1 aromatic heterocycles. The third-order valence-electron chi connectivity index (χ3n) is 4.26. The van der Waals surface area contributed by atoms with Crippen LogP contribution in [0.5, 0.6) is 5.75 Å². The monoisotopic (exact) mass is 361 g/mol. The molecule has 5 nitrogen and oxygen atoms in total. The molecular formula is C22H23N3O2. The number of nitrogens with one attached hydrogen (secondary N) is 2. The second-order valence-corrected chi connectivity index (χ2v) is 6.56. The number of rotatable bonds is 5. The summed E-state index contributed by atoms with van der Waals surface area (Å²) in [5.41, 5.74) is 6.10. The van der Waals surface area contributed by atoms with Gasteiger partial charge in [0.25, 0.3) is 5.91 Å². The molecule has 3 aromatic rings. The van der Waals surface area contributed by atoms with E-state index < -0.39 is 0 Å². The Kier molecular flexibility index (Phi) is 5.41. The largest absolute Gasteiger partial charge is 0.495 e. The van der Waals surface area contributed by atoms with E-state index >= 15 is 0 Å². The van der Waals surface area contributed by atoms with Crippen molar-refractivity contribution in [3.8, 4) is 5.75 Å². The van der Waals surface area contributed by atoms with E-state index in [1.165, 1.54) is 0 Å². The van der Waals surface area contributed by atoms with Crippen molar-refractivity contribution in [2.75, 3.05) is 17.7 Å². The van der Waals surface area contributed by atoms with Crippen LogP contribution < -0.4 is 15.4 Å². The molecule has 138 valence electrons. The number of benzene rings is 2. The second kappa shape index (κ2) is 7.91. The summed E-state index contributed by atoms with van der Waals surface area (Å²) < 4.78 is 5.39. The third kappa shape index (κ3) is 4.44. The molecule has 0 saturated heterocycles. The first-order valence-corrected chi connectivity index (χ1v) is 8.71. The zero-order valence-corrected chi connectivity index (χ0v) is 16.0. The second-order valence-electron chi connectivity index (χ2n) is 6.56. The van der Waals surface area contributed by atoms with Gasteiger partial charge in [-0.25, -0.2) is 0 Å². The van der Waals surface area contributed by atoms with Gasteiger partial charge in [0.05, 0.1) is 30.2 Å². The van der Waals surface area contributed by atoms with Gasteiger partial charge in [-0.1, -0.05) is 23.8 Å². The zero-order valence-electron chi connectivity index (χ0n) is 16.0. The molecule has 0 spiro atoms. The van der Waals surface area contributed by atoms with Gasteiger partial charge in [-0.3, -0.25) is 9.78 Å². The quantitative estimate of drug-likeness (QED) is 0.670. The van der Waals surface area contributed by atoms with E-state index in [9.17, 15) is 4.79 Å². The van der Waals surface area contributed by atoms with Crippen molar-refractivity contribution >= 4 is 23.0 Å². The lowest BCUT2D eigenvalue weighted by Gasteiger charge is -2.13. The van der Waals surface area contributed by atoms with Crippen molar-refractivity contribution in [3.63, 3.8) is 0 Å². The lowest BCUT2D eigenvalue weighted by Crippen LogP contribution is -2.13. The number of hydrogen-bond acceptors (Lipinski definition) is 4. The number of nitrogens with zero attached hydrogens (tertiary/aromatic N) is 1. The first kappa shape index (κ1) is 18.5. The number of aryl methyl sites for hydroxylation is 3. The highest BCUT2D eigenvalue weighted by atomic mass is 16.5. The minimum Gasteiger partial charge on any atom is -0.495 e. The topological polar surface area (TPSA) is 63.2 Å². The molecule has 0 unspecified atom stereocenters. The summed E-state index contributed by atoms with van der Waals surface area (Å²) >= 11 is 0. The summed E-state index contributed by atoms with van der Waals surface area (Å²) in [5.74, 6) is 0.528. The molecule has 27 heavy (non-hydrogen) atoms. The molecule has 0 aliphatic heterocycles. The molecule has 5 heteroatoms. The van der Waals surface area contributed by atoms with Gasteiger partial charge >= 0.3 is 0 Å². The highest BCUT2D eigenvalue weighted by Gasteiger charge is 2.10. The van der Waals surface area contributed by atoms with E-state index in [0.717, 1.165) is 33.8 Å². The maximum atomic E-state index is 12.6. The SMILES string of the molecule is COc1ccc(C)cc1Nc1cncc(C(=O)Nc2ccc(C)cc2C)c1. The maximum absolute atomic E-state index is 12.6. The third-order valence-corrected chi connectivity index (χ3v) is 4.26. The average Bonchev–Trinajstić information content (AvgIpc) is 2.64. The number of anilines is 3. The Bertz CT molecular complexity index is 983. The fraction of sp³-hybridized carbons (Fsp3) is 0.182. The van der Waals surface area contributed by atoms with Gasteiger partial charge in [-0.05, 0) is 56.2 Å². The Labute approximate surface area is 159 Å². The molecule has 0 fully saturated rings. The van der Waals surface area contributed by atoms with E-state index in [-0.39, 0.29) is 5.91 Å². The minimum atomic E-state index is -0.200. The first-order chi connectivity index (χ1) is 13.0. The van der Waals surface area contributed by atoms with Gasteiger partial charge in [0.1, 0.15) is 5.75 Å². The molecule has 0 radical (unpaired) electrons. The van der Waals surface area contributed by atoms with Crippen molar-refractivity contribution in [2.45, 2.75) is 20.8 Å². The van der Waals surface area contributed by atoms with Crippen LogP contribution in [-0.2, 0) is 0 Å². The molecule has 3 rings (SSSR count). The molecule has 0 saturated carbocycles. The fourth-order valence-electron chi connectivity index (χ4n) is 2.86. The van der Waals surface area contributed by atoms with Crippen molar-refractivity contribution in [3.05, 3.63) is 77.1 Å². The van der Waals surface area contributed by atoms with Crippen molar-refractivity contribution in [2.24, 2.45) is 0 Å². The minimum absolute atomic E-state index is 0.200. The number of carbonyl (C=O) groups is 1. The number of pyridine rings is 1. The van der Waals surface area contributed by atoms with E-state index in [0.29, 0.717) is 11.3 Å². The van der Waals surface area contributed by atoms with Gasteiger partial charge in [0.2, 0.25) is 0 Å². The number of methoxy groups -OCH3 is 1. The van der Waals surface area contributed by atoms with Gasteiger partial charge in [0, 0.05) is 11.9 Å². The van der Waals surface area contributed by atoms with Gasteiger partial charge in [-0.15, -0.1) is 0 Å². The van der Waals surface area contributed by atoms with Crippen LogP contribution in [0.4, 0.5) is 17.1 Å². The summed E-state index contributed by atoms with van der Waals surface area (Å²) in [4.78, 5) is 16.8. The zero-order chi connectivity index (χ0) is 19.4. The highest BCUT2D eigenvalue weighted by molar-refractivity contribution is 6.05. The average molecular weight is 361 g/mol. The van der Waals surface area contributed by atoms with E-state index in [1.54, 1.807) is 25.6 Å². The molecule has 0 bridgehead atoms. The maximum Gasteiger partial charge on any atom is 0.257 e. The van der Waals surface area contributed by atoms with Crippen LogP contribution >= 0.6 is 0 Å². The summed E-state index contributed by atoms with van der Waals surface area (Å²) in [6.07, 6.45) is 3.23. The molecule has 0 aliphatic carbocycles. The molecule has 2 aromatic carbocycles. The van der Waals surface area contributed by atoms with Gasteiger partial charge in [-0.2, -0.15) is 0 Å². The predicted octanol–water partition coefficient (Wildman–Crippen LogP) is 5.01. The van der Waals surface area contributed by atoms with Gasteiger partial charge in [0.15, 0.2) is 0 Å². The highest BCUT2D eigenvalue weighted by Crippen LogP contribution is 2.28. The predicted molar refractivity (Wildman–Crippen MR) is 109 cm³/mol.